The molecular weight excluding hydrogens is 331 g/mol. The van der Waals surface area contributed by atoms with Crippen LogP contribution in [0, 0.1) is 0 Å². The number of halogens is 2. The SMILES string of the molecule is Cl.NCCN(CCc1ccccc1)C(=O)Cc1ccccc1Cl. The van der Waals surface area contributed by atoms with Crippen molar-refractivity contribution in [2.75, 3.05) is 19.6 Å². The molecule has 0 aliphatic rings. The molecule has 2 N–H and O–H groups in total. The van der Waals surface area contributed by atoms with Crippen LogP contribution in [0.3, 0.4) is 0 Å². The van der Waals surface area contributed by atoms with Crippen molar-refractivity contribution < 1.29 is 4.79 Å². The van der Waals surface area contributed by atoms with Crippen molar-refractivity contribution in [2.45, 2.75) is 12.8 Å². The smallest absolute Gasteiger partial charge is 0.227 e. The van der Waals surface area contributed by atoms with E-state index in [9.17, 15) is 4.79 Å². The van der Waals surface area contributed by atoms with Crippen molar-refractivity contribution in [3.8, 4) is 0 Å². The summed E-state index contributed by atoms with van der Waals surface area (Å²) in [6, 6.07) is 17.6. The highest BCUT2D eigenvalue weighted by Gasteiger charge is 2.14. The molecule has 0 aliphatic heterocycles. The fraction of sp³-hybridized carbons (Fsp3) is 0.278. The first-order valence-corrected chi connectivity index (χ1v) is 7.83. The zero-order valence-electron chi connectivity index (χ0n) is 13.0. The second kappa shape index (κ2) is 10.3. The third-order valence-corrected chi connectivity index (χ3v) is 3.93. The lowest BCUT2D eigenvalue weighted by Gasteiger charge is -2.22. The number of hydrogen-bond donors (Lipinski definition) is 1. The number of nitrogens with two attached hydrogens (primary N) is 1. The minimum atomic E-state index is 0. The third-order valence-electron chi connectivity index (χ3n) is 3.56. The van der Waals surface area contributed by atoms with Gasteiger partial charge in [-0.25, -0.2) is 0 Å². The molecule has 2 aromatic carbocycles. The largest absolute Gasteiger partial charge is 0.341 e. The second-order valence-corrected chi connectivity index (χ2v) is 5.58. The predicted octanol–water partition coefficient (Wildman–Crippen LogP) is 3.33. The third kappa shape index (κ3) is 6.22. The number of benzene rings is 2. The summed E-state index contributed by atoms with van der Waals surface area (Å²) in [7, 11) is 0. The summed E-state index contributed by atoms with van der Waals surface area (Å²) in [6.07, 6.45) is 1.14. The van der Waals surface area contributed by atoms with E-state index in [0.717, 1.165) is 12.0 Å². The summed E-state index contributed by atoms with van der Waals surface area (Å²) < 4.78 is 0. The molecule has 0 fully saturated rings. The monoisotopic (exact) mass is 352 g/mol. The summed E-state index contributed by atoms with van der Waals surface area (Å²) in [5.74, 6) is 0.0643. The van der Waals surface area contributed by atoms with Gasteiger partial charge in [0.05, 0.1) is 6.42 Å². The van der Waals surface area contributed by atoms with Gasteiger partial charge in [0.1, 0.15) is 0 Å². The van der Waals surface area contributed by atoms with Crippen molar-refractivity contribution in [1.29, 1.82) is 0 Å². The van der Waals surface area contributed by atoms with E-state index in [1.165, 1.54) is 5.56 Å². The summed E-state index contributed by atoms with van der Waals surface area (Å²) >= 11 is 6.13. The highest BCUT2D eigenvalue weighted by molar-refractivity contribution is 6.31. The molecule has 0 aromatic heterocycles. The first-order valence-electron chi connectivity index (χ1n) is 7.46. The molecule has 0 unspecified atom stereocenters. The summed E-state index contributed by atoms with van der Waals surface area (Å²) in [5.41, 5.74) is 7.71. The maximum atomic E-state index is 12.5. The Balaban J connectivity index is 0.00000264. The summed E-state index contributed by atoms with van der Waals surface area (Å²) in [6.45, 7) is 1.70. The molecule has 124 valence electrons. The molecule has 2 rings (SSSR count). The zero-order chi connectivity index (χ0) is 15.8. The van der Waals surface area contributed by atoms with Crippen LogP contribution in [-0.4, -0.2) is 30.4 Å². The summed E-state index contributed by atoms with van der Waals surface area (Å²) in [4.78, 5) is 14.3. The minimum absolute atomic E-state index is 0. The second-order valence-electron chi connectivity index (χ2n) is 5.17. The van der Waals surface area contributed by atoms with Gasteiger partial charge in [0.25, 0.3) is 0 Å². The molecule has 0 bridgehead atoms. The first kappa shape index (κ1) is 19.5. The van der Waals surface area contributed by atoms with Gasteiger partial charge in [-0.3, -0.25) is 4.79 Å². The Labute approximate surface area is 148 Å². The lowest BCUT2D eigenvalue weighted by molar-refractivity contribution is -0.130. The normalized spacial score (nSPS) is 10.0. The first-order chi connectivity index (χ1) is 10.7. The van der Waals surface area contributed by atoms with Crippen LogP contribution in [0.1, 0.15) is 11.1 Å². The highest BCUT2D eigenvalue weighted by Crippen LogP contribution is 2.16. The molecular formula is C18H22Cl2N2O. The van der Waals surface area contributed by atoms with Crippen LogP contribution < -0.4 is 5.73 Å². The number of rotatable bonds is 7. The van der Waals surface area contributed by atoms with Crippen molar-refractivity contribution >= 4 is 29.9 Å². The van der Waals surface area contributed by atoms with Crippen molar-refractivity contribution in [2.24, 2.45) is 5.73 Å². The molecule has 0 aliphatic carbocycles. The fourth-order valence-corrected chi connectivity index (χ4v) is 2.54. The van der Waals surface area contributed by atoms with Crippen LogP contribution in [0.25, 0.3) is 0 Å². The number of nitrogens with zero attached hydrogens (tertiary/aromatic N) is 1. The maximum absolute atomic E-state index is 12.5. The van der Waals surface area contributed by atoms with Crippen LogP contribution in [-0.2, 0) is 17.6 Å². The Morgan fingerprint density at radius 1 is 1.00 bits per heavy atom. The molecule has 0 atom stereocenters. The average Bonchev–Trinajstić information content (AvgIpc) is 2.54. The van der Waals surface area contributed by atoms with Gasteiger partial charge in [0.15, 0.2) is 0 Å². The van der Waals surface area contributed by atoms with Crippen LogP contribution >= 0.6 is 24.0 Å². The number of amides is 1. The molecule has 0 heterocycles. The van der Waals surface area contributed by atoms with Gasteiger partial charge in [-0.15, -0.1) is 12.4 Å². The van der Waals surface area contributed by atoms with Gasteiger partial charge in [0, 0.05) is 24.7 Å². The number of carbonyl (C=O) groups excluding carboxylic acids is 1. The van der Waals surface area contributed by atoms with E-state index in [1.54, 1.807) is 6.07 Å². The average molecular weight is 353 g/mol. The fourth-order valence-electron chi connectivity index (χ4n) is 2.34. The topological polar surface area (TPSA) is 46.3 Å². The Hall–Kier alpha value is -1.55. The van der Waals surface area contributed by atoms with Crippen LogP contribution in [0.2, 0.25) is 5.02 Å². The molecule has 5 heteroatoms. The summed E-state index contributed by atoms with van der Waals surface area (Å²) in [5, 5.41) is 0.631. The van der Waals surface area contributed by atoms with E-state index in [-0.39, 0.29) is 18.3 Å². The van der Waals surface area contributed by atoms with Crippen molar-refractivity contribution in [3.63, 3.8) is 0 Å². The van der Waals surface area contributed by atoms with E-state index in [0.29, 0.717) is 31.1 Å². The van der Waals surface area contributed by atoms with Crippen molar-refractivity contribution in [1.82, 2.24) is 4.90 Å². The van der Waals surface area contributed by atoms with Gasteiger partial charge in [-0.2, -0.15) is 0 Å². The van der Waals surface area contributed by atoms with E-state index < -0.39 is 0 Å². The van der Waals surface area contributed by atoms with Gasteiger partial charge in [-0.1, -0.05) is 60.1 Å². The Kier molecular flexibility index (Phi) is 8.70. The Morgan fingerprint density at radius 2 is 1.65 bits per heavy atom. The molecule has 0 radical (unpaired) electrons. The van der Waals surface area contributed by atoms with Crippen LogP contribution in [0.15, 0.2) is 54.6 Å². The quantitative estimate of drug-likeness (QED) is 0.830. The number of hydrogen-bond acceptors (Lipinski definition) is 2. The van der Waals surface area contributed by atoms with Crippen LogP contribution in [0.4, 0.5) is 0 Å². The molecule has 23 heavy (non-hydrogen) atoms. The van der Waals surface area contributed by atoms with E-state index in [1.807, 2.05) is 41.3 Å². The van der Waals surface area contributed by atoms with E-state index >= 15 is 0 Å². The molecule has 3 nitrogen and oxygen atoms in total. The van der Waals surface area contributed by atoms with E-state index in [2.05, 4.69) is 12.1 Å². The molecule has 0 spiro atoms. The predicted molar refractivity (Wildman–Crippen MR) is 98.2 cm³/mol. The van der Waals surface area contributed by atoms with Crippen LogP contribution in [0.5, 0.6) is 0 Å². The lowest BCUT2D eigenvalue weighted by Crippen LogP contribution is -2.37. The Morgan fingerprint density at radius 3 is 2.30 bits per heavy atom. The van der Waals surface area contributed by atoms with Gasteiger partial charge in [-0.05, 0) is 23.6 Å². The molecule has 2 aromatic rings. The zero-order valence-corrected chi connectivity index (χ0v) is 14.5. The van der Waals surface area contributed by atoms with E-state index in [4.69, 9.17) is 17.3 Å². The minimum Gasteiger partial charge on any atom is -0.341 e. The molecule has 0 saturated carbocycles. The van der Waals surface area contributed by atoms with Crippen molar-refractivity contribution in [3.05, 3.63) is 70.7 Å². The number of carbonyl (C=O) groups is 1. The lowest BCUT2D eigenvalue weighted by atomic mass is 10.1. The highest BCUT2D eigenvalue weighted by atomic mass is 35.5. The van der Waals surface area contributed by atoms with Gasteiger partial charge in [0.2, 0.25) is 5.91 Å². The maximum Gasteiger partial charge on any atom is 0.227 e. The molecule has 1 amide bonds. The van der Waals surface area contributed by atoms with Gasteiger partial charge >= 0.3 is 0 Å². The Bertz CT molecular complexity index is 605. The molecule has 0 saturated heterocycles. The standard InChI is InChI=1S/C18H21ClN2O.ClH/c19-17-9-5-4-8-16(17)14-18(22)21(13-11-20)12-10-15-6-2-1-3-7-15;/h1-9H,10-14,20H2;1H. The van der Waals surface area contributed by atoms with Gasteiger partial charge < -0.3 is 10.6 Å².